The lowest BCUT2D eigenvalue weighted by molar-refractivity contribution is -0.986. The van der Waals surface area contributed by atoms with E-state index in [9.17, 15) is 30.3 Å². The normalized spacial score (nSPS) is 10.8. The van der Waals surface area contributed by atoms with E-state index in [1.165, 1.54) is 0 Å². The van der Waals surface area contributed by atoms with Gasteiger partial charge in [-0.2, -0.15) is 0 Å². The Morgan fingerprint density at radius 2 is 1.50 bits per heavy atom. The molecule has 16 heavy (non-hydrogen) atoms. The molecule has 0 saturated carbocycles. The van der Waals surface area contributed by atoms with E-state index >= 15 is 0 Å². The van der Waals surface area contributed by atoms with Gasteiger partial charge in [0.15, 0.2) is 14.8 Å². The van der Waals surface area contributed by atoms with E-state index in [-0.39, 0.29) is 0 Å². The Bertz CT molecular complexity index is 410. The molecule has 0 unspecified atom stereocenters. The van der Waals surface area contributed by atoms with E-state index in [2.05, 4.69) is 9.97 Å². The zero-order valence-electron chi connectivity index (χ0n) is 7.42. The fourth-order valence-corrected chi connectivity index (χ4v) is 0.953. The van der Waals surface area contributed by atoms with E-state index in [0.717, 1.165) is 12.4 Å². The monoisotopic (exact) mass is 229 g/mol. The van der Waals surface area contributed by atoms with Crippen molar-refractivity contribution in [3.63, 3.8) is 0 Å². The molecule has 0 bridgehead atoms. The predicted octanol–water partition coefficient (Wildman–Crippen LogP) is -0.583. The second-order valence-electron chi connectivity index (χ2n) is 2.50. The molecule has 0 aliphatic carbocycles. The molecule has 11 nitrogen and oxygen atoms in total. The van der Waals surface area contributed by atoms with Crippen LogP contribution < -0.4 is 0 Å². The first-order valence-corrected chi connectivity index (χ1v) is 3.64. The molecule has 0 N–H and O–H groups in total. The van der Waals surface area contributed by atoms with Crippen molar-refractivity contribution in [3.05, 3.63) is 54.6 Å². The third-order valence-corrected chi connectivity index (χ3v) is 1.67. The Kier molecular flexibility index (Phi) is 2.70. The third kappa shape index (κ3) is 1.39. The maximum absolute atomic E-state index is 10.6. The summed E-state index contributed by atoms with van der Waals surface area (Å²) in [5.41, 5.74) is -0.963. The second-order valence-corrected chi connectivity index (χ2v) is 2.50. The van der Waals surface area contributed by atoms with Crippen molar-refractivity contribution in [2.45, 2.75) is 5.79 Å². The largest absolute Gasteiger partial charge is 0.747 e. The maximum Gasteiger partial charge on any atom is 0.747 e. The number of nitro groups is 3. The highest BCUT2D eigenvalue weighted by Crippen LogP contribution is 2.23. The fourth-order valence-electron chi connectivity index (χ4n) is 0.953. The summed E-state index contributed by atoms with van der Waals surface area (Å²) in [6.45, 7) is 0. The lowest BCUT2D eigenvalue weighted by Gasteiger charge is -2.06. The molecule has 0 aliphatic rings. The van der Waals surface area contributed by atoms with E-state index in [1.807, 2.05) is 0 Å². The summed E-state index contributed by atoms with van der Waals surface area (Å²) in [6, 6.07) is 0. The number of hydrogen-bond donors (Lipinski definition) is 0. The minimum atomic E-state index is -3.71. The third-order valence-electron chi connectivity index (χ3n) is 1.67. The van der Waals surface area contributed by atoms with E-state index in [1.54, 1.807) is 0 Å². The van der Waals surface area contributed by atoms with Crippen LogP contribution in [0.2, 0.25) is 0 Å². The number of rotatable bonds is 4. The fraction of sp³-hybridized carbons (Fsp3) is 0.200. The molecule has 84 valence electrons. The molecule has 0 aromatic carbocycles. The first kappa shape index (κ1) is 11.4. The van der Waals surface area contributed by atoms with Crippen molar-refractivity contribution in [2.75, 3.05) is 0 Å². The van der Waals surface area contributed by atoms with Gasteiger partial charge in [0.25, 0.3) is 0 Å². The van der Waals surface area contributed by atoms with Crippen LogP contribution in [0, 0.1) is 30.3 Å². The van der Waals surface area contributed by atoms with Gasteiger partial charge in [-0.3, -0.25) is 35.3 Å². The molecule has 1 aromatic rings. The summed E-state index contributed by atoms with van der Waals surface area (Å²) in [5, 5.41) is 31.7. The molecule has 1 heterocycles. The van der Waals surface area contributed by atoms with E-state index < -0.39 is 26.3 Å². The van der Waals surface area contributed by atoms with Crippen LogP contribution in [-0.2, 0) is 5.79 Å². The van der Waals surface area contributed by atoms with Crippen molar-refractivity contribution in [2.24, 2.45) is 0 Å². The SMILES string of the molecule is O=[N+]([O-])C(c1cnccn1)([N+](=O)[O-])[N+](=O)[O-]. The van der Waals surface area contributed by atoms with Crippen LogP contribution >= 0.6 is 0 Å². The Morgan fingerprint density at radius 3 is 1.81 bits per heavy atom. The van der Waals surface area contributed by atoms with Crippen molar-refractivity contribution in [1.29, 1.82) is 0 Å². The first-order chi connectivity index (χ1) is 7.44. The molecule has 0 atom stereocenters. The van der Waals surface area contributed by atoms with Gasteiger partial charge in [-0.05, 0) is 0 Å². The summed E-state index contributed by atoms with van der Waals surface area (Å²) >= 11 is 0. The summed E-state index contributed by atoms with van der Waals surface area (Å²) in [7, 11) is 0. The molecular formula is C5H3N5O6. The molecule has 0 aliphatic heterocycles. The first-order valence-electron chi connectivity index (χ1n) is 3.64. The summed E-state index contributed by atoms with van der Waals surface area (Å²) in [4.78, 5) is 33.3. The van der Waals surface area contributed by atoms with Gasteiger partial charge in [0.05, 0.1) is 6.20 Å². The Hall–Kier alpha value is -2.72. The quantitative estimate of drug-likeness (QED) is 0.377. The second kappa shape index (κ2) is 3.80. The summed E-state index contributed by atoms with van der Waals surface area (Å²) in [5.74, 6) is -3.71. The Morgan fingerprint density at radius 1 is 1.00 bits per heavy atom. The topological polar surface area (TPSA) is 155 Å². The molecular weight excluding hydrogens is 226 g/mol. The van der Waals surface area contributed by atoms with Crippen molar-refractivity contribution in [3.8, 4) is 0 Å². The van der Waals surface area contributed by atoms with Crippen LogP contribution in [0.5, 0.6) is 0 Å². The van der Waals surface area contributed by atoms with Gasteiger partial charge in [-0.15, -0.1) is 0 Å². The molecule has 0 saturated heterocycles. The standard InChI is InChI=1S/C5H3N5O6/c11-8(12)5(9(13)14,10(15)16)4-3-6-1-2-7-4/h1-3H. The van der Waals surface area contributed by atoms with Gasteiger partial charge < -0.3 is 0 Å². The zero-order valence-corrected chi connectivity index (χ0v) is 7.42. The lowest BCUT2D eigenvalue weighted by Crippen LogP contribution is -2.50. The van der Waals surface area contributed by atoms with Crippen molar-refractivity contribution in [1.82, 2.24) is 9.97 Å². The average Bonchev–Trinajstić information content (AvgIpc) is 2.18. The van der Waals surface area contributed by atoms with Gasteiger partial charge in [0, 0.05) is 12.4 Å². The van der Waals surface area contributed by atoms with Crippen LogP contribution in [-0.4, -0.2) is 24.7 Å². The van der Waals surface area contributed by atoms with Gasteiger partial charge in [-0.25, -0.2) is 4.98 Å². The van der Waals surface area contributed by atoms with Crippen LogP contribution in [0.15, 0.2) is 18.6 Å². The summed E-state index contributed by atoms with van der Waals surface area (Å²) < 4.78 is 0. The highest BCUT2D eigenvalue weighted by atomic mass is 16.7. The Labute approximate surface area is 86.2 Å². The van der Waals surface area contributed by atoms with Crippen LogP contribution in [0.4, 0.5) is 0 Å². The maximum atomic E-state index is 10.6. The number of nitrogens with zero attached hydrogens (tertiary/aromatic N) is 5. The minimum absolute atomic E-state index is 0.606. The zero-order chi connectivity index (χ0) is 12.3. The van der Waals surface area contributed by atoms with Crippen LogP contribution in [0.1, 0.15) is 5.69 Å². The van der Waals surface area contributed by atoms with Crippen molar-refractivity contribution >= 4 is 0 Å². The highest BCUT2D eigenvalue weighted by Gasteiger charge is 2.74. The van der Waals surface area contributed by atoms with Gasteiger partial charge >= 0.3 is 11.5 Å². The van der Waals surface area contributed by atoms with Gasteiger partial charge in [0.1, 0.15) is 0 Å². The molecule has 0 fully saturated rings. The van der Waals surface area contributed by atoms with E-state index in [4.69, 9.17) is 0 Å². The van der Waals surface area contributed by atoms with Crippen molar-refractivity contribution < 1.29 is 14.8 Å². The molecule has 0 amide bonds. The van der Waals surface area contributed by atoms with E-state index in [0.29, 0.717) is 6.20 Å². The smallest absolute Gasteiger partial charge is 0.260 e. The highest BCUT2D eigenvalue weighted by molar-refractivity contribution is 4.99. The molecule has 1 rings (SSSR count). The predicted molar refractivity (Wildman–Crippen MR) is 44.7 cm³/mol. The molecule has 0 spiro atoms. The number of aromatic nitrogens is 2. The molecule has 0 radical (unpaired) electrons. The minimum Gasteiger partial charge on any atom is -0.260 e. The Balaban J connectivity index is 3.52. The average molecular weight is 229 g/mol. The van der Waals surface area contributed by atoms with Gasteiger partial charge in [0.2, 0.25) is 0 Å². The van der Waals surface area contributed by atoms with Gasteiger partial charge in [-0.1, -0.05) is 0 Å². The molecule has 11 heteroatoms. The lowest BCUT2D eigenvalue weighted by atomic mass is 10.3. The summed E-state index contributed by atoms with van der Waals surface area (Å²) in [6.07, 6.45) is 2.57. The molecule has 1 aromatic heterocycles. The van der Waals surface area contributed by atoms with Crippen LogP contribution in [0.3, 0.4) is 0 Å². The van der Waals surface area contributed by atoms with Crippen LogP contribution in [0.25, 0.3) is 0 Å². The number of hydrogen-bond acceptors (Lipinski definition) is 8.